The molecule has 1 unspecified atom stereocenters. The third kappa shape index (κ3) is 5.84. The number of nitrogens with one attached hydrogen (secondary N) is 1. The highest BCUT2D eigenvalue weighted by Crippen LogP contribution is 2.37. The Kier molecular flexibility index (Phi) is 7.31. The first-order valence-electron chi connectivity index (χ1n) is 10.8. The van der Waals surface area contributed by atoms with Gasteiger partial charge in [-0.05, 0) is 67.1 Å². The number of carbonyl (C=O) groups is 2. The van der Waals surface area contributed by atoms with Gasteiger partial charge in [0.2, 0.25) is 5.91 Å². The molecule has 0 saturated heterocycles. The van der Waals surface area contributed by atoms with Crippen molar-refractivity contribution in [1.82, 2.24) is 10.2 Å². The fourth-order valence-corrected chi connectivity index (χ4v) is 3.94. The topological polar surface area (TPSA) is 58.6 Å². The summed E-state index contributed by atoms with van der Waals surface area (Å²) in [6, 6.07) is 11.8. The molecule has 1 aliphatic heterocycles. The van der Waals surface area contributed by atoms with Crippen molar-refractivity contribution in [3.05, 3.63) is 65.0 Å². The van der Waals surface area contributed by atoms with Crippen LogP contribution in [0.3, 0.4) is 0 Å². The van der Waals surface area contributed by atoms with Gasteiger partial charge in [-0.15, -0.1) is 0 Å². The number of nitrogens with zero attached hydrogens (tertiary/aromatic N) is 1. The smallest absolute Gasteiger partial charge is 0.258 e. The third-order valence-electron chi connectivity index (χ3n) is 5.25. The molecule has 3 rings (SSSR count). The lowest BCUT2D eigenvalue weighted by molar-refractivity contribution is -0.134. The molecule has 2 amide bonds. The maximum absolute atomic E-state index is 13.6. The number of hydrogen-bond acceptors (Lipinski definition) is 3. The van der Waals surface area contributed by atoms with Crippen molar-refractivity contribution in [1.29, 1.82) is 0 Å². The normalized spacial score (nSPS) is 15.7. The molecule has 6 heteroatoms. The molecule has 0 aliphatic carbocycles. The number of benzene rings is 2. The van der Waals surface area contributed by atoms with Crippen LogP contribution >= 0.6 is 0 Å². The van der Waals surface area contributed by atoms with Crippen molar-refractivity contribution < 1.29 is 18.7 Å². The molecule has 1 N–H and O–H groups in total. The Bertz CT molecular complexity index is 925. The van der Waals surface area contributed by atoms with Crippen molar-refractivity contribution in [2.75, 3.05) is 13.2 Å². The lowest BCUT2D eigenvalue weighted by Crippen LogP contribution is -2.41. The lowest BCUT2D eigenvalue weighted by atomic mass is 9.87. The fourth-order valence-electron chi connectivity index (χ4n) is 3.94. The first-order valence-corrected chi connectivity index (χ1v) is 10.8. The van der Waals surface area contributed by atoms with Crippen LogP contribution in [-0.4, -0.2) is 35.9 Å². The molecule has 5 nitrogen and oxygen atoms in total. The molecule has 0 radical (unpaired) electrons. The van der Waals surface area contributed by atoms with E-state index in [4.69, 9.17) is 4.74 Å². The zero-order valence-electron chi connectivity index (χ0n) is 18.7. The molecule has 0 saturated carbocycles. The van der Waals surface area contributed by atoms with E-state index in [1.807, 2.05) is 50.8 Å². The number of amides is 2. The van der Waals surface area contributed by atoms with Crippen LogP contribution in [0.4, 0.5) is 4.39 Å². The van der Waals surface area contributed by atoms with Crippen molar-refractivity contribution in [2.45, 2.75) is 52.6 Å². The fraction of sp³-hybridized carbons (Fsp3) is 0.440. The first-order chi connectivity index (χ1) is 14.7. The van der Waals surface area contributed by atoms with E-state index in [0.29, 0.717) is 18.7 Å². The molecule has 166 valence electrons. The van der Waals surface area contributed by atoms with E-state index in [1.54, 1.807) is 12.1 Å². The van der Waals surface area contributed by atoms with Gasteiger partial charge in [-0.1, -0.05) is 32.0 Å². The molecule has 1 aliphatic rings. The summed E-state index contributed by atoms with van der Waals surface area (Å²) in [5.41, 5.74) is 2.94. The van der Waals surface area contributed by atoms with Crippen molar-refractivity contribution >= 4 is 11.8 Å². The predicted octanol–water partition coefficient (Wildman–Crippen LogP) is 4.25. The van der Waals surface area contributed by atoms with E-state index in [1.165, 1.54) is 12.1 Å². The Hall–Kier alpha value is -2.89. The van der Waals surface area contributed by atoms with E-state index >= 15 is 0 Å². The van der Waals surface area contributed by atoms with Gasteiger partial charge in [-0.25, -0.2) is 4.39 Å². The highest BCUT2D eigenvalue weighted by atomic mass is 19.1. The minimum Gasteiger partial charge on any atom is -0.484 e. The molecule has 0 fully saturated rings. The molecule has 0 bridgehead atoms. The Labute approximate surface area is 183 Å². The molecule has 31 heavy (non-hydrogen) atoms. The summed E-state index contributed by atoms with van der Waals surface area (Å²) in [5.74, 6) is 0.405. The second-order valence-corrected chi connectivity index (χ2v) is 8.76. The molecule has 2 aromatic carbocycles. The molecular weight excluding hydrogens is 395 g/mol. The average Bonchev–Trinajstić information content (AvgIpc) is 2.71. The summed E-state index contributed by atoms with van der Waals surface area (Å²) < 4.78 is 19.3. The molecule has 2 aromatic rings. The molecule has 0 spiro atoms. The van der Waals surface area contributed by atoms with Crippen LogP contribution in [0.1, 0.15) is 56.8 Å². The second-order valence-electron chi connectivity index (χ2n) is 8.76. The van der Waals surface area contributed by atoms with Crippen molar-refractivity contribution in [3.8, 4) is 5.75 Å². The van der Waals surface area contributed by atoms with Crippen LogP contribution in [0.5, 0.6) is 5.75 Å². The summed E-state index contributed by atoms with van der Waals surface area (Å²) in [5, 5.41) is 2.80. The van der Waals surface area contributed by atoms with Crippen LogP contribution in [0.2, 0.25) is 0 Å². The van der Waals surface area contributed by atoms with Gasteiger partial charge in [-0.2, -0.15) is 0 Å². The van der Waals surface area contributed by atoms with Gasteiger partial charge in [0, 0.05) is 19.0 Å². The maximum atomic E-state index is 13.6. The Morgan fingerprint density at radius 1 is 1.13 bits per heavy atom. The van der Waals surface area contributed by atoms with Gasteiger partial charge in [-0.3, -0.25) is 9.59 Å². The summed E-state index contributed by atoms with van der Waals surface area (Å²) in [6.07, 6.45) is 1.20. The van der Waals surface area contributed by atoms with Gasteiger partial charge in [0.05, 0.1) is 6.04 Å². The standard InChI is InChI=1S/C25H31FN2O3/c1-16(2)13-24(30)28-12-11-18-7-10-21(31-15-23(29)27-17(3)4)14-22(18)25(28)19-5-8-20(26)9-6-19/h5-10,14,16-17,25H,11-13,15H2,1-4H3,(H,27,29). The highest BCUT2D eigenvalue weighted by Gasteiger charge is 2.32. The van der Waals surface area contributed by atoms with Crippen LogP contribution in [0.25, 0.3) is 0 Å². The Morgan fingerprint density at radius 2 is 1.84 bits per heavy atom. The number of rotatable bonds is 7. The van der Waals surface area contributed by atoms with Gasteiger partial charge in [0.1, 0.15) is 11.6 Å². The van der Waals surface area contributed by atoms with Crippen LogP contribution in [-0.2, 0) is 16.0 Å². The van der Waals surface area contributed by atoms with Crippen LogP contribution in [0, 0.1) is 11.7 Å². The Balaban J connectivity index is 1.92. The second kappa shape index (κ2) is 9.94. The number of ether oxygens (including phenoxy) is 1. The van der Waals surface area contributed by atoms with Crippen LogP contribution < -0.4 is 10.1 Å². The summed E-state index contributed by atoms with van der Waals surface area (Å²) in [7, 11) is 0. The van der Waals surface area contributed by atoms with Gasteiger partial charge >= 0.3 is 0 Å². The van der Waals surface area contributed by atoms with Gasteiger partial charge in [0.15, 0.2) is 6.61 Å². The highest BCUT2D eigenvalue weighted by molar-refractivity contribution is 5.78. The minimum absolute atomic E-state index is 0.0445. The first kappa shape index (κ1) is 22.8. The maximum Gasteiger partial charge on any atom is 0.258 e. The summed E-state index contributed by atoms with van der Waals surface area (Å²) >= 11 is 0. The monoisotopic (exact) mass is 426 g/mol. The summed E-state index contributed by atoms with van der Waals surface area (Å²) in [6.45, 7) is 8.37. The number of hydrogen-bond donors (Lipinski definition) is 1. The van der Waals surface area contributed by atoms with E-state index in [-0.39, 0.29) is 42.2 Å². The molecule has 0 aromatic heterocycles. The van der Waals surface area contributed by atoms with Crippen molar-refractivity contribution in [3.63, 3.8) is 0 Å². The minimum atomic E-state index is -0.316. The van der Waals surface area contributed by atoms with E-state index < -0.39 is 0 Å². The quantitative estimate of drug-likeness (QED) is 0.720. The van der Waals surface area contributed by atoms with Gasteiger partial charge < -0.3 is 15.0 Å². The zero-order chi connectivity index (χ0) is 22.5. The number of carbonyl (C=O) groups excluding carboxylic acids is 2. The predicted molar refractivity (Wildman–Crippen MR) is 118 cm³/mol. The van der Waals surface area contributed by atoms with E-state index in [9.17, 15) is 14.0 Å². The van der Waals surface area contributed by atoms with Gasteiger partial charge in [0.25, 0.3) is 5.91 Å². The summed E-state index contributed by atoms with van der Waals surface area (Å²) in [4.78, 5) is 26.9. The van der Waals surface area contributed by atoms with E-state index in [0.717, 1.165) is 23.1 Å². The largest absolute Gasteiger partial charge is 0.484 e. The SMILES string of the molecule is CC(C)CC(=O)N1CCc2ccc(OCC(=O)NC(C)C)cc2C1c1ccc(F)cc1. The zero-order valence-corrected chi connectivity index (χ0v) is 18.7. The lowest BCUT2D eigenvalue weighted by Gasteiger charge is -2.38. The number of fused-ring (bicyclic) bond motifs is 1. The Morgan fingerprint density at radius 3 is 2.48 bits per heavy atom. The number of halogens is 1. The van der Waals surface area contributed by atoms with Crippen LogP contribution in [0.15, 0.2) is 42.5 Å². The molecule has 1 atom stereocenters. The third-order valence-corrected chi connectivity index (χ3v) is 5.25. The molecular formula is C25H31FN2O3. The average molecular weight is 427 g/mol. The van der Waals surface area contributed by atoms with Crippen molar-refractivity contribution in [2.24, 2.45) is 5.92 Å². The molecule has 1 heterocycles. The van der Waals surface area contributed by atoms with E-state index in [2.05, 4.69) is 5.32 Å².